The van der Waals surface area contributed by atoms with Gasteiger partial charge in [0.1, 0.15) is 0 Å². The van der Waals surface area contributed by atoms with Gasteiger partial charge < -0.3 is 10.4 Å². The molecule has 3 heteroatoms. The molecule has 0 saturated carbocycles. The Kier molecular flexibility index (Phi) is 4.02. The van der Waals surface area contributed by atoms with Crippen molar-refractivity contribution in [2.24, 2.45) is 0 Å². The Hall–Kier alpha value is -2.13. The van der Waals surface area contributed by atoms with Crippen LogP contribution < -0.4 is 5.32 Å². The number of hydrogen-bond donors (Lipinski definition) is 2. The molecular formula is C18H19NO2. The standard InChI is InChI=1S/C18H19NO2/c20-17(13-6-2-1-3-7-13)11-18(21)19-12-15-10-14-8-4-5-9-16(14)15/h1-9,15,17,20H,10-12H2,(H,19,21). The van der Waals surface area contributed by atoms with E-state index in [1.165, 1.54) is 11.1 Å². The molecule has 0 aliphatic heterocycles. The number of carbonyl (C=O) groups excluding carboxylic acids is 1. The first-order valence-corrected chi connectivity index (χ1v) is 7.31. The van der Waals surface area contributed by atoms with Gasteiger partial charge in [-0.2, -0.15) is 0 Å². The SMILES string of the molecule is O=C(CC(O)c1ccccc1)NCC1Cc2ccccc21. The summed E-state index contributed by atoms with van der Waals surface area (Å²) >= 11 is 0. The fourth-order valence-electron chi connectivity index (χ4n) is 2.82. The highest BCUT2D eigenvalue weighted by Gasteiger charge is 2.25. The second kappa shape index (κ2) is 6.10. The topological polar surface area (TPSA) is 49.3 Å². The molecule has 3 rings (SSSR count). The highest BCUT2D eigenvalue weighted by atomic mass is 16.3. The van der Waals surface area contributed by atoms with Crippen molar-refractivity contribution in [2.75, 3.05) is 6.54 Å². The van der Waals surface area contributed by atoms with Gasteiger partial charge in [0, 0.05) is 12.5 Å². The van der Waals surface area contributed by atoms with Crippen LogP contribution in [0, 0.1) is 0 Å². The van der Waals surface area contributed by atoms with Gasteiger partial charge in [-0.15, -0.1) is 0 Å². The maximum absolute atomic E-state index is 11.9. The smallest absolute Gasteiger partial charge is 0.222 e. The van der Waals surface area contributed by atoms with Crippen molar-refractivity contribution >= 4 is 5.91 Å². The lowest BCUT2D eigenvalue weighted by molar-refractivity contribution is -0.123. The van der Waals surface area contributed by atoms with Crippen molar-refractivity contribution in [2.45, 2.75) is 24.9 Å². The summed E-state index contributed by atoms with van der Waals surface area (Å²) in [5, 5.41) is 13.0. The van der Waals surface area contributed by atoms with E-state index in [0.29, 0.717) is 12.5 Å². The second-order valence-electron chi connectivity index (χ2n) is 5.53. The molecule has 1 amide bonds. The van der Waals surface area contributed by atoms with Gasteiger partial charge >= 0.3 is 0 Å². The van der Waals surface area contributed by atoms with Gasteiger partial charge in [-0.25, -0.2) is 0 Å². The van der Waals surface area contributed by atoms with E-state index < -0.39 is 6.10 Å². The van der Waals surface area contributed by atoms with Crippen LogP contribution in [0.1, 0.15) is 35.1 Å². The highest BCUT2D eigenvalue weighted by Crippen LogP contribution is 2.34. The van der Waals surface area contributed by atoms with Crippen LogP contribution in [0.25, 0.3) is 0 Å². The average molecular weight is 281 g/mol. The van der Waals surface area contributed by atoms with Gasteiger partial charge in [0.25, 0.3) is 0 Å². The van der Waals surface area contributed by atoms with Gasteiger partial charge in [-0.3, -0.25) is 4.79 Å². The van der Waals surface area contributed by atoms with Crippen molar-refractivity contribution < 1.29 is 9.90 Å². The number of rotatable bonds is 5. The van der Waals surface area contributed by atoms with Gasteiger partial charge in [0.15, 0.2) is 0 Å². The van der Waals surface area contributed by atoms with Gasteiger partial charge in [0.2, 0.25) is 5.91 Å². The summed E-state index contributed by atoms with van der Waals surface area (Å²) < 4.78 is 0. The Morgan fingerprint density at radius 1 is 1.14 bits per heavy atom. The fourth-order valence-corrected chi connectivity index (χ4v) is 2.82. The molecule has 21 heavy (non-hydrogen) atoms. The third kappa shape index (κ3) is 3.14. The Morgan fingerprint density at radius 3 is 2.62 bits per heavy atom. The van der Waals surface area contributed by atoms with Crippen LogP contribution in [0.15, 0.2) is 54.6 Å². The Labute approximate surface area is 124 Å². The lowest BCUT2D eigenvalue weighted by Gasteiger charge is -2.30. The van der Waals surface area contributed by atoms with Crippen LogP contribution in [0.3, 0.4) is 0 Å². The van der Waals surface area contributed by atoms with Crippen LogP contribution in [0.4, 0.5) is 0 Å². The molecule has 2 N–H and O–H groups in total. The van der Waals surface area contributed by atoms with Crippen molar-refractivity contribution in [3.63, 3.8) is 0 Å². The summed E-state index contributed by atoms with van der Waals surface area (Å²) in [5.41, 5.74) is 3.49. The third-order valence-corrected chi connectivity index (χ3v) is 4.07. The van der Waals surface area contributed by atoms with E-state index in [9.17, 15) is 9.90 Å². The summed E-state index contributed by atoms with van der Waals surface area (Å²) in [5.74, 6) is 0.315. The van der Waals surface area contributed by atoms with E-state index in [-0.39, 0.29) is 12.3 Å². The number of carbonyl (C=O) groups is 1. The van der Waals surface area contributed by atoms with Crippen LogP contribution in [-0.2, 0) is 11.2 Å². The highest BCUT2D eigenvalue weighted by molar-refractivity contribution is 5.76. The number of amides is 1. The lowest BCUT2D eigenvalue weighted by atomic mass is 9.77. The summed E-state index contributed by atoms with van der Waals surface area (Å²) in [4.78, 5) is 11.9. The van der Waals surface area contributed by atoms with Crippen LogP contribution >= 0.6 is 0 Å². The predicted molar refractivity (Wildman–Crippen MR) is 81.9 cm³/mol. The van der Waals surface area contributed by atoms with E-state index in [0.717, 1.165) is 12.0 Å². The molecule has 0 heterocycles. The normalized spacial score (nSPS) is 17.5. The van der Waals surface area contributed by atoms with E-state index in [1.54, 1.807) is 0 Å². The summed E-state index contributed by atoms with van der Waals surface area (Å²) in [6.07, 6.45) is 0.399. The summed E-state index contributed by atoms with van der Waals surface area (Å²) in [6, 6.07) is 17.6. The van der Waals surface area contributed by atoms with E-state index in [1.807, 2.05) is 42.5 Å². The van der Waals surface area contributed by atoms with Crippen LogP contribution in [-0.4, -0.2) is 17.6 Å². The van der Waals surface area contributed by atoms with E-state index in [2.05, 4.69) is 17.4 Å². The lowest BCUT2D eigenvalue weighted by Crippen LogP contribution is -2.33. The number of benzene rings is 2. The first kappa shape index (κ1) is 13.8. The third-order valence-electron chi connectivity index (χ3n) is 4.07. The van der Waals surface area contributed by atoms with Gasteiger partial charge in [-0.1, -0.05) is 54.6 Å². The quantitative estimate of drug-likeness (QED) is 0.885. The zero-order valence-electron chi connectivity index (χ0n) is 11.8. The Bertz CT molecular complexity index is 624. The number of fused-ring (bicyclic) bond motifs is 1. The van der Waals surface area contributed by atoms with Gasteiger partial charge in [-0.05, 0) is 23.1 Å². The molecule has 108 valence electrons. The maximum atomic E-state index is 11.9. The first-order chi connectivity index (χ1) is 10.2. The van der Waals surface area contributed by atoms with Crippen molar-refractivity contribution in [1.29, 1.82) is 0 Å². The molecule has 1 aliphatic carbocycles. The molecular weight excluding hydrogens is 262 g/mol. The minimum atomic E-state index is -0.736. The minimum absolute atomic E-state index is 0.101. The molecule has 3 nitrogen and oxygen atoms in total. The minimum Gasteiger partial charge on any atom is -0.388 e. The number of aliphatic hydroxyl groups is 1. The number of hydrogen-bond acceptors (Lipinski definition) is 2. The summed E-state index contributed by atoms with van der Waals surface area (Å²) in [7, 11) is 0. The van der Waals surface area contributed by atoms with Gasteiger partial charge in [0.05, 0.1) is 12.5 Å². The van der Waals surface area contributed by atoms with Crippen molar-refractivity contribution in [3.05, 3.63) is 71.3 Å². The number of nitrogens with one attached hydrogen (secondary N) is 1. The van der Waals surface area contributed by atoms with Crippen LogP contribution in [0.5, 0.6) is 0 Å². The first-order valence-electron chi connectivity index (χ1n) is 7.31. The number of aliphatic hydroxyl groups excluding tert-OH is 1. The largest absolute Gasteiger partial charge is 0.388 e. The van der Waals surface area contributed by atoms with Crippen molar-refractivity contribution in [3.8, 4) is 0 Å². The zero-order valence-corrected chi connectivity index (χ0v) is 11.8. The monoisotopic (exact) mass is 281 g/mol. The fraction of sp³-hybridized carbons (Fsp3) is 0.278. The molecule has 2 aromatic rings. The maximum Gasteiger partial charge on any atom is 0.222 e. The Balaban J connectivity index is 1.48. The van der Waals surface area contributed by atoms with Crippen molar-refractivity contribution in [1.82, 2.24) is 5.32 Å². The molecule has 2 atom stereocenters. The molecule has 0 bridgehead atoms. The molecule has 0 radical (unpaired) electrons. The molecule has 0 fully saturated rings. The van der Waals surface area contributed by atoms with E-state index >= 15 is 0 Å². The average Bonchev–Trinajstić information content (AvgIpc) is 2.49. The molecule has 0 saturated heterocycles. The van der Waals surface area contributed by atoms with E-state index in [4.69, 9.17) is 0 Å². The molecule has 2 aromatic carbocycles. The Morgan fingerprint density at radius 2 is 1.86 bits per heavy atom. The molecule has 0 aromatic heterocycles. The molecule has 2 unspecified atom stereocenters. The molecule has 0 spiro atoms. The second-order valence-corrected chi connectivity index (χ2v) is 5.53. The molecule has 1 aliphatic rings. The van der Waals surface area contributed by atoms with Crippen LogP contribution in [0.2, 0.25) is 0 Å². The zero-order chi connectivity index (χ0) is 14.7. The summed E-state index contributed by atoms with van der Waals surface area (Å²) in [6.45, 7) is 0.650. The predicted octanol–water partition coefficient (Wildman–Crippen LogP) is 2.57.